The molecule has 35 heavy (non-hydrogen) atoms. The Morgan fingerprint density at radius 2 is 1.77 bits per heavy atom. The van der Waals surface area contributed by atoms with Crippen LogP contribution in [0.3, 0.4) is 0 Å². The van der Waals surface area contributed by atoms with Gasteiger partial charge in [0.05, 0.1) is 16.2 Å². The van der Waals surface area contributed by atoms with Crippen molar-refractivity contribution in [3.63, 3.8) is 0 Å². The fourth-order valence-corrected chi connectivity index (χ4v) is 4.83. The summed E-state index contributed by atoms with van der Waals surface area (Å²) in [6.07, 6.45) is 3.46. The van der Waals surface area contributed by atoms with Crippen LogP contribution in [0.15, 0.2) is 61.3 Å². The molecule has 2 aromatic carbocycles. The Kier molecular flexibility index (Phi) is 7.46. The Labute approximate surface area is 213 Å². The van der Waals surface area contributed by atoms with Gasteiger partial charge in [-0.3, -0.25) is 0 Å². The van der Waals surface area contributed by atoms with E-state index in [9.17, 15) is 0 Å². The molecular weight excluding hydrogens is 454 g/mol. The number of halogens is 1. The van der Waals surface area contributed by atoms with Gasteiger partial charge in [-0.05, 0) is 49.6 Å². The summed E-state index contributed by atoms with van der Waals surface area (Å²) in [5, 5.41) is 9.55. The Balaban J connectivity index is 1.57. The molecule has 1 aliphatic heterocycles. The van der Waals surface area contributed by atoms with Gasteiger partial charge in [-0.1, -0.05) is 56.3 Å². The molecule has 0 saturated carbocycles. The van der Waals surface area contributed by atoms with E-state index in [1.807, 2.05) is 30.3 Å². The van der Waals surface area contributed by atoms with Crippen molar-refractivity contribution >= 4 is 39.6 Å². The van der Waals surface area contributed by atoms with Crippen LogP contribution in [-0.2, 0) is 0 Å². The molecular formula is C29H34ClN5. The zero-order chi connectivity index (χ0) is 25.1. The number of hydrogen-bond donors (Lipinski definition) is 2. The first-order valence-electron chi connectivity index (χ1n) is 12.2. The molecule has 0 bridgehead atoms. The molecule has 1 fully saturated rings. The summed E-state index contributed by atoms with van der Waals surface area (Å²) < 4.78 is 0. The third-order valence-electron chi connectivity index (χ3n) is 6.77. The molecule has 3 aromatic rings. The largest absolute Gasteiger partial charge is 0.398 e. The van der Waals surface area contributed by atoms with Gasteiger partial charge < -0.3 is 20.9 Å². The molecule has 5 nitrogen and oxygen atoms in total. The number of fused-ring (bicyclic) bond motifs is 1. The van der Waals surface area contributed by atoms with Crippen molar-refractivity contribution in [3.8, 4) is 11.3 Å². The Morgan fingerprint density at radius 3 is 2.46 bits per heavy atom. The lowest BCUT2D eigenvalue weighted by Crippen LogP contribution is -2.44. The van der Waals surface area contributed by atoms with Crippen molar-refractivity contribution in [1.82, 2.24) is 14.8 Å². The summed E-state index contributed by atoms with van der Waals surface area (Å²) in [5.41, 5.74) is 13.5. The number of piperazine rings is 1. The van der Waals surface area contributed by atoms with Crippen molar-refractivity contribution in [2.24, 2.45) is 0 Å². The number of nitrogens with zero attached hydrogens (tertiary/aromatic N) is 3. The van der Waals surface area contributed by atoms with E-state index in [0.717, 1.165) is 66.0 Å². The maximum absolute atomic E-state index is 8.00. The lowest BCUT2D eigenvalue weighted by atomic mass is 10.0. The molecule has 4 rings (SSSR count). The normalized spacial score (nSPS) is 13.8. The van der Waals surface area contributed by atoms with Gasteiger partial charge in [0.15, 0.2) is 0 Å². The number of unbranched alkanes of at least 4 members (excludes halogenated alkanes) is 1. The van der Waals surface area contributed by atoms with Crippen molar-refractivity contribution < 1.29 is 0 Å². The topological polar surface area (TPSA) is 69.2 Å². The molecule has 1 aromatic heterocycles. The number of nitrogen functional groups attached to an aromatic ring is 1. The first-order valence-corrected chi connectivity index (χ1v) is 12.6. The fraction of sp³-hybridized carbons (Fsp3) is 0.310. The summed E-state index contributed by atoms with van der Waals surface area (Å²) in [6, 6.07) is 13.7. The highest BCUT2D eigenvalue weighted by atomic mass is 35.5. The molecule has 0 spiro atoms. The van der Waals surface area contributed by atoms with Crippen LogP contribution in [0, 0.1) is 5.41 Å². The number of benzene rings is 2. The van der Waals surface area contributed by atoms with Gasteiger partial charge in [-0.15, -0.1) is 0 Å². The van der Waals surface area contributed by atoms with E-state index in [2.05, 4.69) is 42.0 Å². The summed E-state index contributed by atoms with van der Waals surface area (Å²) in [7, 11) is 0. The van der Waals surface area contributed by atoms with Crippen LogP contribution in [-0.4, -0.2) is 46.7 Å². The van der Waals surface area contributed by atoms with Gasteiger partial charge in [-0.2, -0.15) is 0 Å². The highest BCUT2D eigenvalue weighted by molar-refractivity contribution is 6.35. The molecule has 2 heterocycles. The third kappa shape index (κ3) is 5.35. The third-order valence-corrected chi connectivity index (χ3v) is 7.09. The Morgan fingerprint density at radius 1 is 1.06 bits per heavy atom. The maximum atomic E-state index is 8.00. The van der Waals surface area contributed by atoms with Crippen molar-refractivity contribution in [1.29, 1.82) is 5.41 Å². The van der Waals surface area contributed by atoms with E-state index in [1.54, 1.807) is 6.92 Å². The first-order chi connectivity index (χ1) is 16.8. The SMILES string of the molecule is C=C(CCCC)N1CCN(C(=C)c2ccc3c(Cl)cc(-c4ccc(N)c(C(C)=N)c4)nc3c2)CC1. The summed E-state index contributed by atoms with van der Waals surface area (Å²) >= 11 is 6.65. The molecule has 0 unspecified atom stereocenters. The minimum atomic E-state index is 0.420. The lowest BCUT2D eigenvalue weighted by molar-refractivity contribution is 0.209. The second kappa shape index (κ2) is 10.5. The molecule has 3 N–H and O–H groups in total. The minimum Gasteiger partial charge on any atom is -0.398 e. The number of hydrogen-bond acceptors (Lipinski definition) is 5. The van der Waals surface area contributed by atoms with Crippen LogP contribution in [0.5, 0.6) is 0 Å². The Hall–Kier alpha value is -3.31. The standard InChI is InChI=1S/C29H34ClN5/c1-5-6-7-19(2)34-12-14-35(15-13-34)21(4)22-8-10-24-26(30)18-28(33-29(24)17-22)23-9-11-27(32)25(16-23)20(3)31/h8-11,16-18,31H,2,4-7,12-15,32H2,1,3H3. The average molecular weight is 488 g/mol. The smallest absolute Gasteiger partial charge is 0.0731 e. The first kappa shape index (κ1) is 24.8. The van der Waals surface area contributed by atoms with Crippen molar-refractivity contribution in [2.45, 2.75) is 33.1 Å². The monoisotopic (exact) mass is 487 g/mol. The number of allylic oxidation sites excluding steroid dienone is 1. The van der Waals surface area contributed by atoms with Crippen LogP contribution < -0.4 is 5.73 Å². The van der Waals surface area contributed by atoms with Gasteiger partial charge >= 0.3 is 0 Å². The van der Waals surface area contributed by atoms with E-state index in [0.29, 0.717) is 22.0 Å². The van der Waals surface area contributed by atoms with E-state index < -0.39 is 0 Å². The highest BCUT2D eigenvalue weighted by Crippen LogP contribution is 2.32. The quantitative estimate of drug-likeness (QED) is 0.270. The van der Waals surface area contributed by atoms with Crippen LogP contribution in [0.4, 0.5) is 5.69 Å². The zero-order valence-electron chi connectivity index (χ0n) is 20.7. The number of rotatable bonds is 8. The van der Waals surface area contributed by atoms with Gasteiger partial charge in [0.2, 0.25) is 0 Å². The zero-order valence-corrected chi connectivity index (χ0v) is 21.5. The van der Waals surface area contributed by atoms with Crippen LogP contribution >= 0.6 is 11.6 Å². The molecule has 6 heteroatoms. The summed E-state index contributed by atoms with van der Waals surface area (Å²) in [4.78, 5) is 9.66. The van der Waals surface area contributed by atoms with Gasteiger partial charge in [0.25, 0.3) is 0 Å². The van der Waals surface area contributed by atoms with Crippen LogP contribution in [0.1, 0.15) is 44.2 Å². The molecule has 0 atom stereocenters. The number of nitrogens with two attached hydrogens (primary N) is 1. The number of nitrogens with one attached hydrogen (secondary N) is 1. The van der Waals surface area contributed by atoms with Gasteiger partial charge in [0.1, 0.15) is 0 Å². The van der Waals surface area contributed by atoms with E-state index in [4.69, 9.17) is 27.7 Å². The molecule has 1 saturated heterocycles. The number of pyridine rings is 1. The van der Waals surface area contributed by atoms with Crippen molar-refractivity contribution in [2.75, 3.05) is 31.9 Å². The fourth-order valence-electron chi connectivity index (χ4n) is 4.57. The van der Waals surface area contributed by atoms with E-state index >= 15 is 0 Å². The highest BCUT2D eigenvalue weighted by Gasteiger charge is 2.20. The van der Waals surface area contributed by atoms with Crippen LogP contribution in [0.2, 0.25) is 5.02 Å². The van der Waals surface area contributed by atoms with E-state index in [-0.39, 0.29) is 0 Å². The predicted octanol–water partition coefficient (Wildman–Crippen LogP) is 6.82. The lowest BCUT2D eigenvalue weighted by Gasteiger charge is -2.39. The molecule has 0 radical (unpaired) electrons. The van der Waals surface area contributed by atoms with Gasteiger partial charge in [-0.25, -0.2) is 4.98 Å². The molecule has 182 valence electrons. The summed E-state index contributed by atoms with van der Waals surface area (Å²) in [6.45, 7) is 16.4. The number of aromatic nitrogens is 1. The van der Waals surface area contributed by atoms with Crippen molar-refractivity contribution in [3.05, 3.63) is 77.5 Å². The second-order valence-electron chi connectivity index (χ2n) is 9.24. The van der Waals surface area contributed by atoms with E-state index in [1.165, 1.54) is 18.5 Å². The second-order valence-corrected chi connectivity index (χ2v) is 9.65. The molecule has 0 amide bonds. The maximum Gasteiger partial charge on any atom is 0.0731 e. The van der Waals surface area contributed by atoms with Gasteiger partial charge in [0, 0.05) is 65.5 Å². The molecule has 0 aliphatic carbocycles. The summed E-state index contributed by atoms with van der Waals surface area (Å²) in [5.74, 6) is 0. The molecule has 1 aliphatic rings. The minimum absolute atomic E-state index is 0.420. The van der Waals surface area contributed by atoms with Crippen LogP contribution in [0.25, 0.3) is 27.9 Å². The predicted molar refractivity (Wildman–Crippen MR) is 150 cm³/mol. The number of anilines is 1. The average Bonchev–Trinajstić information content (AvgIpc) is 2.86. The Bertz CT molecular complexity index is 1290.